The van der Waals surface area contributed by atoms with Gasteiger partial charge in [-0.05, 0) is 50.1 Å². The Morgan fingerprint density at radius 2 is 1.64 bits per heavy atom. The standard InChI is InChI=1S/C24H27Cl4N3O4S/c1-15(24(33)29-17-6-3-4-7-17)30(13-18-19(26)8-5-9-20(18)27)23(32)14-31(36(2,34)35)22-11-10-16(25)12-21(22)28/h5,8-12,15,17H,3-4,6-7,13-14H2,1-2H3,(H,29,33). The minimum Gasteiger partial charge on any atom is -0.352 e. The largest absolute Gasteiger partial charge is 0.352 e. The molecule has 3 rings (SSSR count). The van der Waals surface area contributed by atoms with Gasteiger partial charge < -0.3 is 10.2 Å². The molecule has 196 valence electrons. The Balaban J connectivity index is 1.95. The number of carbonyl (C=O) groups excluding carboxylic acids is 2. The van der Waals surface area contributed by atoms with E-state index in [-0.39, 0.29) is 29.2 Å². The molecule has 1 atom stereocenters. The monoisotopic (exact) mass is 593 g/mol. The summed E-state index contributed by atoms with van der Waals surface area (Å²) in [7, 11) is -3.93. The lowest BCUT2D eigenvalue weighted by Crippen LogP contribution is -2.52. The molecule has 0 heterocycles. The fourth-order valence-electron chi connectivity index (χ4n) is 4.11. The Labute approximate surface area is 231 Å². The second kappa shape index (κ2) is 12.2. The van der Waals surface area contributed by atoms with Gasteiger partial charge in [-0.3, -0.25) is 13.9 Å². The van der Waals surface area contributed by atoms with Crippen LogP contribution in [0.15, 0.2) is 36.4 Å². The first-order valence-electron chi connectivity index (χ1n) is 11.3. The average Bonchev–Trinajstić information content (AvgIpc) is 3.29. The molecule has 1 saturated carbocycles. The van der Waals surface area contributed by atoms with Crippen LogP contribution >= 0.6 is 46.4 Å². The summed E-state index contributed by atoms with van der Waals surface area (Å²) in [6.07, 6.45) is 4.78. The first-order chi connectivity index (χ1) is 16.9. The van der Waals surface area contributed by atoms with Gasteiger partial charge in [0.25, 0.3) is 0 Å². The van der Waals surface area contributed by atoms with Gasteiger partial charge in [-0.15, -0.1) is 0 Å². The summed E-state index contributed by atoms with van der Waals surface area (Å²) in [5.74, 6) is -0.967. The fraction of sp³-hybridized carbons (Fsp3) is 0.417. The Bertz CT molecular complexity index is 1220. The van der Waals surface area contributed by atoms with Crippen LogP contribution in [0.5, 0.6) is 0 Å². The molecular formula is C24H27Cl4N3O4S. The first-order valence-corrected chi connectivity index (χ1v) is 14.7. The van der Waals surface area contributed by atoms with Crippen molar-refractivity contribution in [2.75, 3.05) is 17.1 Å². The van der Waals surface area contributed by atoms with Crippen LogP contribution < -0.4 is 9.62 Å². The number of nitrogens with zero attached hydrogens (tertiary/aromatic N) is 2. The molecule has 2 amide bonds. The van der Waals surface area contributed by atoms with E-state index in [1.807, 2.05) is 0 Å². The van der Waals surface area contributed by atoms with E-state index in [2.05, 4.69) is 5.32 Å². The van der Waals surface area contributed by atoms with Crippen molar-refractivity contribution in [2.45, 2.75) is 51.2 Å². The maximum atomic E-state index is 13.6. The average molecular weight is 595 g/mol. The van der Waals surface area contributed by atoms with Crippen molar-refractivity contribution in [1.82, 2.24) is 10.2 Å². The molecule has 36 heavy (non-hydrogen) atoms. The molecule has 1 unspecified atom stereocenters. The summed E-state index contributed by atoms with van der Waals surface area (Å²) in [6, 6.07) is 8.34. The lowest BCUT2D eigenvalue weighted by Gasteiger charge is -2.32. The summed E-state index contributed by atoms with van der Waals surface area (Å²) in [5.41, 5.74) is 0.542. The van der Waals surface area contributed by atoms with Crippen LogP contribution in [0.2, 0.25) is 20.1 Å². The van der Waals surface area contributed by atoms with Crippen LogP contribution in [0.1, 0.15) is 38.2 Å². The van der Waals surface area contributed by atoms with Gasteiger partial charge in [0.15, 0.2) is 0 Å². The Kier molecular flexibility index (Phi) is 9.80. The van der Waals surface area contributed by atoms with Gasteiger partial charge in [-0.1, -0.05) is 65.3 Å². The molecule has 2 aromatic carbocycles. The predicted molar refractivity (Wildman–Crippen MR) is 146 cm³/mol. The number of hydrogen-bond donors (Lipinski definition) is 1. The van der Waals surface area contributed by atoms with Crippen molar-refractivity contribution in [3.05, 3.63) is 62.1 Å². The van der Waals surface area contributed by atoms with Crippen LogP contribution in [0.4, 0.5) is 5.69 Å². The zero-order chi connectivity index (χ0) is 26.6. The molecule has 12 heteroatoms. The topological polar surface area (TPSA) is 86.8 Å². The second-order valence-corrected chi connectivity index (χ2v) is 12.3. The summed E-state index contributed by atoms with van der Waals surface area (Å²) in [5, 5.41) is 4.02. The van der Waals surface area contributed by atoms with Gasteiger partial charge >= 0.3 is 0 Å². The highest BCUT2D eigenvalue weighted by Crippen LogP contribution is 2.31. The Morgan fingerprint density at radius 3 is 2.19 bits per heavy atom. The Hall–Kier alpha value is -1.71. The van der Waals surface area contributed by atoms with Crippen LogP contribution in [0, 0.1) is 0 Å². The molecule has 0 saturated heterocycles. The number of hydrogen-bond acceptors (Lipinski definition) is 4. The van der Waals surface area contributed by atoms with E-state index in [1.165, 1.54) is 23.1 Å². The highest BCUT2D eigenvalue weighted by atomic mass is 35.5. The Morgan fingerprint density at radius 1 is 1.03 bits per heavy atom. The van der Waals surface area contributed by atoms with Gasteiger partial charge in [0.05, 0.1) is 17.0 Å². The zero-order valence-corrected chi connectivity index (χ0v) is 23.6. The van der Waals surface area contributed by atoms with Crippen molar-refractivity contribution in [1.29, 1.82) is 0 Å². The van der Waals surface area contributed by atoms with E-state index in [1.54, 1.807) is 25.1 Å². The molecule has 0 bridgehead atoms. The molecule has 0 aromatic heterocycles. The predicted octanol–water partition coefficient (Wildman–Crippen LogP) is 5.54. The number of halogens is 4. The minimum atomic E-state index is -3.93. The maximum Gasteiger partial charge on any atom is 0.244 e. The van der Waals surface area contributed by atoms with Gasteiger partial charge in [0.2, 0.25) is 21.8 Å². The molecule has 1 aliphatic carbocycles. The third-order valence-corrected chi connectivity index (χ3v) is 8.49. The van der Waals surface area contributed by atoms with Crippen molar-refractivity contribution in [3.8, 4) is 0 Å². The molecule has 0 aliphatic heterocycles. The SMILES string of the molecule is CC(C(=O)NC1CCCC1)N(Cc1c(Cl)cccc1Cl)C(=O)CN(c1ccc(Cl)cc1Cl)S(C)(=O)=O. The zero-order valence-electron chi connectivity index (χ0n) is 19.8. The molecule has 2 aromatic rings. The van der Waals surface area contributed by atoms with E-state index >= 15 is 0 Å². The molecule has 0 radical (unpaired) electrons. The van der Waals surface area contributed by atoms with Crippen LogP contribution in [0.3, 0.4) is 0 Å². The quantitative estimate of drug-likeness (QED) is 0.413. The summed E-state index contributed by atoms with van der Waals surface area (Å²) >= 11 is 24.9. The number of amides is 2. The molecule has 0 spiro atoms. The first kappa shape index (κ1) is 28.9. The van der Waals surface area contributed by atoms with Crippen molar-refractivity contribution in [3.63, 3.8) is 0 Å². The van der Waals surface area contributed by atoms with Crippen molar-refractivity contribution < 1.29 is 18.0 Å². The number of nitrogens with one attached hydrogen (secondary N) is 1. The lowest BCUT2D eigenvalue weighted by atomic mass is 10.1. The normalized spacial score (nSPS) is 14.9. The van der Waals surface area contributed by atoms with E-state index in [0.717, 1.165) is 36.2 Å². The highest BCUT2D eigenvalue weighted by Gasteiger charge is 2.32. The third kappa shape index (κ3) is 7.19. The number of rotatable bonds is 9. The van der Waals surface area contributed by atoms with E-state index < -0.39 is 28.5 Å². The van der Waals surface area contributed by atoms with Crippen LogP contribution in [0.25, 0.3) is 0 Å². The fourth-order valence-corrected chi connectivity index (χ4v) is 6.05. The van der Waals surface area contributed by atoms with Crippen LogP contribution in [-0.2, 0) is 26.2 Å². The number of anilines is 1. The van der Waals surface area contributed by atoms with Gasteiger partial charge in [-0.25, -0.2) is 8.42 Å². The molecular weight excluding hydrogens is 568 g/mol. The van der Waals surface area contributed by atoms with Gasteiger partial charge in [0.1, 0.15) is 12.6 Å². The molecule has 1 fully saturated rings. The number of carbonyl (C=O) groups is 2. The van der Waals surface area contributed by atoms with Gasteiger partial charge in [-0.2, -0.15) is 0 Å². The van der Waals surface area contributed by atoms with E-state index in [9.17, 15) is 18.0 Å². The number of sulfonamides is 1. The van der Waals surface area contributed by atoms with Gasteiger partial charge in [0, 0.05) is 33.2 Å². The van der Waals surface area contributed by atoms with Crippen molar-refractivity contribution >= 4 is 73.9 Å². The molecule has 1 aliphatic rings. The smallest absolute Gasteiger partial charge is 0.244 e. The highest BCUT2D eigenvalue weighted by molar-refractivity contribution is 7.92. The maximum absolute atomic E-state index is 13.6. The summed E-state index contributed by atoms with van der Waals surface area (Å²) < 4.78 is 26.2. The van der Waals surface area contributed by atoms with E-state index in [4.69, 9.17) is 46.4 Å². The molecule has 1 N–H and O–H groups in total. The number of benzene rings is 2. The molecule has 7 nitrogen and oxygen atoms in total. The summed E-state index contributed by atoms with van der Waals surface area (Å²) in [4.78, 5) is 28.0. The van der Waals surface area contributed by atoms with Crippen molar-refractivity contribution in [2.24, 2.45) is 0 Å². The van der Waals surface area contributed by atoms with E-state index in [0.29, 0.717) is 20.6 Å². The van der Waals surface area contributed by atoms with Crippen LogP contribution in [-0.4, -0.2) is 50.0 Å². The lowest BCUT2D eigenvalue weighted by molar-refractivity contribution is -0.139. The third-order valence-electron chi connectivity index (χ3n) is 6.12. The minimum absolute atomic E-state index is 0.0428. The summed E-state index contributed by atoms with van der Waals surface area (Å²) in [6.45, 7) is 0.902. The second-order valence-electron chi connectivity index (χ2n) is 8.75.